The molecule has 0 aromatic rings. The second-order valence-corrected chi connectivity index (χ2v) is 28.6. The minimum atomic E-state index is -4.46. The molecule has 0 saturated heterocycles. The number of likely N-dealkylation sites (N-methyl/N-ethyl adjacent to an activating group) is 1. The van der Waals surface area contributed by atoms with E-state index in [9.17, 15) is 19.0 Å². The molecule has 0 aliphatic rings. The lowest BCUT2D eigenvalue weighted by atomic mass is 10.0. The number of rotatable bonds is 70. The molecule has 0 rings (SSSR count). The van der Waals surface area contributed by atoms with Gasteiger partial charge in [0.25, 0.3) is 0 Å². The van der Waals surface area contributed by atoms with E-state index in [1.54, 1.807) is 0 Å². The van der Waals surface area contributed by atoms with Crippen molar-refractivity contribution in [2.24, 2.45) is 0 Å². The summed E-state index contributed by atoms with van der Waals surface area (Å²) >= 11 is 0. The number of allylic oxidation sites excluding steroid dienone is 11. The zero-order valence-electron chi connectivity index (χ0n) is 59.7. The highest BCUT2D eigenvalue weighted by Crippen LogP contribution is 2.43. The standard InChI is InChI=1S/C79H147N2O7P/c1-7-10-13-16-19-22-25-27-29-31-33-35-37-39-40-42-43-45-47-49-51-53-56-59-62-65-68-71-78(82)80-76(75-87-89(84,85)86-74-73-81(4,5)6)77(70-67-64-61-58-55-24-21-18-15-12-9-3)88-79(83)72-69-66-63-60-57-54-52-50-48-46-44-41-38-36-34-32-30-28-26-23-20-17-14-11-8-2/h11,14,20,23,28,30,34,36,41,44,67,70,76-77H,7-10,12-13,15-19,21-22,24-27,29,31-33,35,37-40,42-43,45-66,68-69,71-75H2,1-6H3,(H-,80,82,84,85)/p+1/b14-11-,23-20-,30-28-,36-34-,44-41-,70-67+. The summed E-state index contributed by atoms with van der Waals surface area (Å²) in [6, 6.07) is -0.852. The molecule has 0 bridgehead atoms. The Balaban J connectivity index is 4.92. The number of ether oxygens (including phenoxy) is 1. The van der Waals surface area contributed by atoms with Crippen molar-refractivity contribution in [3.63, 3.8) is 0 Å². The molecule has 89 heavy (non-hydrogen) atoms. The number of amides is 1. The first-order valence-corrected chi connectivity index (χ1v) is 39.8. The van der Waals surface area contributed by atoms with Gasteiger partial charge in [-0.1, -0.05) is 351 Å². The number of nitrogens with one attached hydrogen (secondary N) is 1. The van der Waals surface area contributed by atoms with Crippen LogP contribution < -0.4 is 5.32 Å². The molecule has 0 aromatic carbocycles. The van der Waals surface area contributed by atoms with Crippen molar-refractivity contribution >= 4 is 19.7 Å². The van der Waals surface area contributed by atoms with Gasteiger partial charge in [0.1, 0.15) is 19.3 Å². The van der Waals surface area contributed by atoms with Gasteiger partial charge in [-0.05, 0) is 76.7 Å². The van der Waals surface area contributed by atoms with Gasteiger partial charge in [-0.2, -0.15) is 0 Å². The van der Waals surface area contributed by atoms with Crippen molar-refractivity contribution in [3.05, 3.63) is 72.9 Å². The number of carbonyl (C=O) groups excluding carboxylic acids is 2. The van der Waals surface area contributed by atoms with Gasteiger partial charge in [0, 0.05) is 12.8 Å². The van der Waals surface area contributed by atoms with Crippen LogP contribution in [0.15, 0.2) is 72.9 Å². The van der Waals surface area contributed by atoms with Crippen molar-refractivity contribution in [2.45, 2.75) is 380 Å². The van der Waals surface area contributed by atoms with E-state index in [1.165, 1.54) is 231 Å². The largest absolute Gasteiger partial charge is 0.472 e. The molecule has 0 spiro atoms. The molecule has 2 N–H and O–H groups in total. The molecule has 0 fully saturated rings. The number of hydrogen-bond donors (Lipinski definition) is 2. The van der Waals surface area contributed by atoms with Crippen LogP contribution in [0.2, 0.25) is 0 Å². The lowest BCUT2D eigenvalue weighted by molar-refractivity contribution is -0.870. The predicted octanol–water partition coefficient (Wildman–Crippen LogP) is 24.7. The van der Waals surface area contributed by atoms with Crippen molar-refractivity contribution in [1.29, 1.82) is 0 Å². The SMILES string of the molecule is CC/C=C\C/C=C\C/C=C\C/C=C\C/C=C\CCCCCCCCCCCC(=O)OC(/C=C/CCCCCCCCCCC)C(COP(=O)(O)OCC[N+](C)(C)C)NC(=O)CCCCCCCCCCCCCCCCCCCCCCCCCCCCC. The zero-order valence-corrected chi connectivity index (χ0v) is 60.6. The fourth-order valence-corrected chi connectivity index (χ4v) is 12.1. The molecule has 0 saturated carbocycles. The van der Waals surface area contributed by atoms with Crippen LogP contribution in [-0.2, 0) is 27.9 Å². The highest BCUT2D eigenvalue weighted by atomic mass is 31.2. The van der Waals surface area contributed by atoms with Gasteiger partial charge in [-0.15, -0.1) is 0 Å². The van der Waals surface area contributed by atoms with Crippen LogP contribution in [0.5, 0.6) is 0 Å². The Bertz CT molecular complexity index is 1750. The average molecular weight is 1270 g/mol. The molecule has 3 atom stereocenters. The maximum Gasteiger partial charge on any atom is 0.472 e. The Labute approximate surface area is 553 Å². The lowest BCUT2D eigenvalue weighted by Crippen LogP contribution is -2.47. The number of nitrogens with zero attached hydrogens (tertiary/aromatic N) is 1. The van der Waals surface area contributed by atoms with Crippen molar-refractivity contribution < 1.29 is 37.3 Å². The van der Waals surface area contributed by atoms with Crippen LogP contribution in [0.4, 0.5) is 0 Å². The summed E-state index contributed by atoms with van der Waals surface area (Å²) in [6.45, 7) is 6.94. The van der Waals surface area contributed by atoms with E-state index in [1.807, 2.05) is 33.3 Å². The number of hydrogen-bond acceptors (Lipinski definition) is 6. The van der Waals surface area contributed by atoms with Crippen LogP contribution in [0.1, 0.15) is 367 Å². The van der Waals surface area contributed by atoms with Gasteiger partial charge in [0.15, 0.2) is 0 Å². The summed E-state index contributed by atoms with van der Waals surface area (Å²) in [5, 5.41) is 3.08. The number of quaternary nitrogens is 1. The van der Waals surface area contributed by atoms with Gasteiger partial charge < -0.3 is 19.4 Å². The minimum Gasteiger partial charge on any atom is -0.456 e. The third-order valence-electron chi connectivity index (χ3n) is 17.2. The van der Waals surface area contributed by atoms with Gasteiger partial charge in [-0.25, -0.2) is 4.57 Å². The van der Waals surface area contributed by atoms with Crippen molar-refractivity contribution in [1.82, 2.24) is 5.32 Å². The van der Waals surface area contributed by atoms with E-state index >= 15 is 0 Å². The Morgan fingerprint density at radius 1 is 0.404 bits per heavy atom. The van der Waals surface area contributed by atoms with Crippen LogP contribution in [0.3, 0.4) is 0 Å². The summed E-state index contributed by atoms with van der Waals surface area (Å²) < 4.78 is 30.9. The molecule has 10 heteroatoms. The van der Waals surface area contributed by atoms with E-state index in [2.05, 4.69) is 86.8 Å². The Kier molecular flexibility index (Phi) is 66.4. The summed E-state index contributed by atoms with van der Waals surface area (Å²) in [6.07, 6.45) is 90.8. The molecular formula is C79H148N2O7P+. The first-order chi connectivity index (χ1) is 43.4. The van der Waals surface area contributed by atoms with Gasteiger partial charge in [0.05, 0.1) is 33.8 Å². The molecule has 0 aromatic heterocycles. The van der Waals surface area contributed by atoms with Gasteiger partial charge in [-0.3, -0.25) is 18.6 Å². The second-order valence-electron chi connectivity index (χ2n) is 27.2. The average Bonchev–Trinajstić information content (AvgIpc) is 3.64. The second kappa shape index (κ2) is 68.3. The predicted molar refractivity (Wildman–Crippen MR) is 388 cm³/mol. The Morgan fingerprint density at radius 2 is 0.719 bits per heavy atom. The molecule has 0 heterocycles. The first kappa shape index (κ1) is 86.5. The molecule has 0 aliphatic heterocycles. The molecule has 0 aliphatic carbocycles. The van der Waals surface area contributed by atoms with Gasteiger partial charge in [0.2, 0.25) is 5.91 Å². The fourth-order valence-electron chi connectivity index (χ4n) is 11.3. The number of carbonyl (C=O) groups is 2. The van der Waals surface area contributed by atoms with Gasteiger partial charge >= 0.3 is 13.8 Å². The molecular weight excluding hydrogens is 1120 g/mol. The highest BCUT2D eigenvalue weighted by Gasteiger charge is 2.30. The number of unbranched alkanes of at least 4 members (excludes halogenated alkanes) is 44. The van der Waals surface area contributed by atoms with E-state index in [0.29, 0.717) is 17.4 Å². The smallest absolute Gasteiger partial charge is 0.456 e. The number of phosphoric acid groups is 1. The summed E-state index contributed by atoms with van der Waals surface area (Å²) in [4.78, 5) is 38.0. The number of phosphoric ester groups is 1. The third-order valence-corrected chi connectivity index (χ3v) is 18.1. The van der Waals surface area contributed by atoms with Crippen LogP contribution >= 0.6 is 7.82 Å². The quantitative estimate of drug-likeness (QED) is 0.0205. The summed E-state index contributed by atoms with van der Waals surface area (Å²) in [5.41, 5.74) is 0. The van der Waals surface area contributed by atoms with Crippen LogP contribution in [0, 0.1) is 0 Å². The topological polar surface area (TPSA) is 111 Å². The third kappa shape index (κ3) is 69.6. The van der Waals surface area contributed by atoms with Crippen LogP contribution in [0.25, 0.3) is 0 Å². The van der Waals surface area contributed by atoms with Crippen molar-refractivity contribution in [2.75, 3.05) is 40.9 Å². The normalized spacial score (nSPS) is 13.8. The Morgan fingerprint density at radius 3 is 1.08 bits per heavy atom. The minimum absolute atomic E-state index is 0.0391. The fraction of sp³-hybridized carbons (Fsp3) is 0.823. The van der Waals surface area contributed by atoms with E-state index in [0.717, 1.165) is 103 Å². The zero-order chi connectivity index (χ0) is 64.9. The summed E-state index contributed by atoms with van der Waals surface area (Å²) in [5.74, 6) is -0.498. The van der Waals surface area contributed by atoms with E-state index in [-0.39, 0.29) is 31.5 Å². The molecule has 3 unspecified atom stereocenters. The van der Waals surface area contributed by atoms with E-state index < -0.39 is 20.0 Å². The summed E-state index contributed by atoms with van der Waals surface area (Å²) in [7, 11) is 1.50. The molecule has 1 amide bonds. The number of esters is 1. The Hall–Kier alpha value is -2.55. The highest BCUT2D eigenvalue weighted by molar-refractivity contribution is 7.47. The lowest BCUT2D eigenvalue weighted by Gasteiger charge is -2.27. The molecule has 0 radical (unpaired) electrons. The maximum atomic E-state index is 13.6. The van der Waals surface area contributed by atoms with Crippen LogP contribution in [-0.4, -0.2) is 74.3 Å². The van der Waals surface area contributed by atoms with E-state index in [4.69, 9.17) is 13.8 Å². The molecule has 9 nitrogen and oxygen atoms in total. The first-order valence-electron chi connectivity index (χ1n) is 38.3. The monoisotopic (exact) mass is 1270 g/mol. The maximum absolute atomic E-state index is 13.6. The molecule has 520 valence electrons. The van der Waals surface area contributed by atoms with Crippen molar-refractivity contribution in [3.8, 4) is 0 Å².